The molecule has 0 bridgehead atoms. The van der Waals surface area contributed by atoms with Gasteiger partial charge in [-0.2, -0.15) is 0 Å². The molecule has 4 rings (SSSR count). The Morgan fingerprint density at radius 2 is 1.59 bits per heavy atom. The van der Waals surface area contributed by atoms with Crippen molar-refractivity contribution < 1.29 is 24.2 Å². The van der Waals surface area contributed by atoms with E-state index < -0.39 is 18.1 Å². The van der Waals surface area contributed by atoms with Crippen LogP contribution in [0.4, 0.5) is 10.5 Å². The van der Waals surface area contributed by atoms with Gasteiger partial charge in [0.1, 0.15) is 6.61 Å². The molecule has 1 aliphatic rings. The van der Waals surface area contributed by atoms with Crippen LogP contribution in [0.1, 0.15) is 46.3 Å². The Morgan fingerprint density at radius 3 is 2.18 bits per heavy atom. The van der Waals surface area contributed by atoms with Gasteiger partial charge >= 0.3 is 12.1 Å². The first kappa shape index (κ1) is 23.0. The molecule has 3 aromatic rings. The quantitative estimate of drug-likeness (QED) is 0.465. The number of carboxylic acid groups (broad SMARTS) is 1. The molecule has 0 aromatic heterocycles. The number of benzene rings is 3. The SMILES string of the molecule is Cc1cc(NC(=O)C[C@H](C)NC(=O)OCC2c3ccccc3-c3ccccc32)ccc1C(=O)O. The third-order valence-electron chi connectivity index (χ3n) is 5.94. The van der Waals surface area contributed by atoms with Crippen molar-refractivity contribution in [3.05, 3.63) is 89.0 Å². The van der Waals surface area contributed by atoms with Crippen LogP contribution in [0.25, 0.3) is 11.1 Å². The van der Waals surface area contributed by atoms with E-state index >= 15 is 0 Å². The van der Waals surface area contributed by atoms with Gasteiger partial charge in [-0.25, -0.2) is 9.59 Å². The second-order valence-corrected chi connectivity index (χ2v) is 8.46. The van der Waals surface area contributed by atoms with E-state index in [4.69, 9.17) is 9.84 Å². The van der Waals surface area contributed by atoms with Crippen molar-refractivity contribution in [3.63, 3.8) is 0 Å². The Morgan fingerprint density at radius 1 is 0.971 bits per heavy atom. The van der Waals surface area contributed by atoms with E-state index in [0.29, 0.717) is 11.3 Å². The molecule has 0 aliphatic heterocycles. The Hall–Kier alpha value is -4.13. The summed E-state index contributed by atoms with van der Waals surface area (Å²) in [5, 5.41) is 14.5. The lowest BCUT2D eigenvalue weighted by atomic mass is 9.98. The minimum atomic E-state index is -1.02. The van der Waals surface area contributed by atoms with E-state index in [9.17, 15) is 14.4 Å². The van der Waals surface area contributed by atoms with Crippen molar-refractivity contribution in [1.82, 2.24) is 5.32 Å². The van der Waals surface area contributed by atoms with Crippen molar-refractivity contribution >= 4 is 23.7 Å². The highest BCUT2D eigenvalue weighted by Gasteiger charge is 2.29. The molecule has 0 fully saturated rings. The number of anilines is 1. The van der Waals surface area contributed by atoms with Crippen LogP contribution in [0, 0.1) is 6.92 Å². The molecule has 3 N–H and O–H groups in total. The predicted octanol–water partition coefficient (Wildman–Crippen LogP) is 4.95. The number of fused-ring (bicyclic) bond motifs is 3. The van der Waals surface area contributed by atoms with E-state index in [2.05, 4.69) is 34.9 Å². The topological polar surface area (TPSA) is 105 Å². The highest BCUT2D eigenvalue weighted by atomic mass is 16.5. The summed E-state index contributed by atoms with van der Waals surface area (Å²) < 4.78 is 5.52. The molecule has 0 saturated heterocycles. The first-order valence-electron chi connectivity index (χ1n) is 11.1. The van der Waals surface area contributed by atoms with Gasteiger partial charge in [0.2, 0.25) is 5.91 Å². The number of hydrogen-bond acceptors (Lipinski definition) is 4. The number of aryl methyl sites for hydroxylation is 1. The van der Waals surface area contributed by atoms with Crippen molar-refractivity contribution in [2.75, 3.05) is 11.9 Å². The first-order chi connectivity index (χ1) is 16.3. The third-order valence-corrected chi connectivity index (χ3v) is 5.94. The fraction of sp³-hybridized carbons (Fsp3) is 0.222. The Bertz CT molecular complexity index is 1210. The number of amides is 2. The van der Waals surface area contributed by atoms with Crippen LogP contribution in [0.15, 0.2) is 66.7 Å². The van der Waals surface area contributed by atoms with E-state index in [1.165, 1.54) is 12.1 Å². The maximum absolute atomic E-state index is 12.4. The molecule has 2 amide bonds. The smallest absolute Gasteiger partial charge is 0.407 e. The molecular formula is C27H26N2O5. The van der Waals surface area contributed by atoms with Crippen LogP contribution in [-0.2, 0) is 9.53 Å². The summed E-state index contributed by atoms with van der Waals surface area (Å²) >= 11 is 0. The highest BCUT2D eigenvalue weighted by Crippen LogP contribution is 2.44. The molecule has 7 heteroatoms. The van der Waals surface area contributed by atoms with Gasteiger partial charge < -0.3 is 20.5 Å². The molecule has 7 nitrogen and oxygen atoms in total. The maximum atomic E-state index is 12.4. The second kappa shape index (κ2) is 9.79. The predicted molar refractivity (Wildman–Crippen MR) is 129 cm³/mol. The van der Waals surface area contributed by atoms with Crippen molar-refractivity contribution in [3.8, 4) is 11.1 Å². The summed E-state index contributed by atoms with van der Waals surface area (Å²) in [5.74, 6) is -1.35. The number of rotatable bonds is 7. The fourth-order valence-electron chi connectivity index (χ4n) is 4.36. The Balaban J connectivity index is 1.30. The summed E-state index contributed by atoms with van der Waals surface area (Å²) in [5.41, 5.74) is 5.81. The minimum Gasteiger partial charge on any atom is -0.478 e. The molecule has 0 unspecified atom stereocenters. The summed E-state index contributed by atoms with van der Waals surface area (Å²) in [6.45, 7) is 3.59. The summed E-state index contributed by atoms with van der Waals surface area (Å²) in [6, 6.07) is 20.4. The van der Waals surface area contributed by atoms with Gasteiger partial charge in [-0.05, 0) is 59.9 Å². The van der Waals surface area contributed by atoms with E-state index in [-0.39, 0.29) is 30.4 Å². The zero-order valence-electron chi connectivity index (χ0n) is 19.0. The minimum absolute atomic E-state index is 0.0335. The monoisotopic (exact) mass is 458 g/mol. The van der Waals surface area contributed by atoms with Gasteiger partial charge in [-0.1, -0.05) is 48.5 Å². The van der Waals surface area contributed by atoms with E-state index in [1.54, 1.807) is 19.9 Å². The second-order valence-electron chi connectivity index (χ2n) is 8.46. The number of nitrogens with one attached hydrogen (secondary N) is 2. The number of carbonyl (C=O) groups excluding carboxylic acids is 2. The van der Waals surface area contributed by atoms with E-state index in [0.717, 1.165) is 22.3 Å². The Labute approximate surface area is 197 Å². The molecule has 0 saturated carbocycles. The molecule has 3 aromatic carbocycles. The van der Waals surface area contributed by atoms with Gasteiger partial charge in [0.25, 0.3) is 0 Å². The molecule has 0 heterocycles. The fourth-order valence-corrected chi connectivity index (χ4v) is 4.36. The zero-order chi connectivity index (χ0) is 24.2. The first-order valence-corrected chi connectivity index (χ1v) is 11.1. The van der Waals surface area contributed by atoms with Crippen LogP contribution >= 0.6 is 0 Å². The van der Waals surface area contributed by atoms with Crippen molar-refractivity contribution in [2.45, 2.75) is 32.2 Å². The number of carboxylic acids is 1. The lowest BCUT2D eigenvalue weighted by Crippen LogP contribution is -2.36. The molecule has 34 heavy (non-hydrogen) atoms. The summed E-state index contributed by atoms with van der Waals surface area (Å²) in [6.07, 6.45) is -0.534. The lowest BCUT2D eigenvalue weighted by molar-refractivity contribution is -0.116. The number of ether oxygens (including phenoxy) is 1. The number of carbonyl (C=O) groups is 3. The van der Waals surface area contributed by atoms with Gasteiger partial charge in [-0.15, -0.1) is 0 Å². The van der Waals surface area contributed by atoms with Gasteiger partial charge in [-0.3, -0.25) is 4.79 Å². The number of alkyl carbamates (subject to hydrolysis) is 1. The Kier molecular flexibility index (Phi) is 6.63. The third kappa shape index (κ3) is 4.93. The normalized spacial score (nSPS) is 12.9. The van der Waals surface area contributed by atoms with E-state index in [1.807, 2.05) is 24.3 Å². The average molecular weight is 459 g/mol. The van der Waals surface area contributed by atoms with Crippen molar-refractivity contribution in [1.29, 1.82) is 0 Å². The molecular weight excluding hydrogens is 432 g/mol. The summed E-state index contributed by atoms with van der Waals surface area (Å²) in [7, 11) is 0. The number of hydrogen-bond donors (Lipinski definition) is 3. The van der Waals surface area contributed by atoms with Gasteiger partial charge in [0, 0.05) is 24.1 Å². The molecule has 1 atom stereocenters. The molecule has 1 aliphatic carbocycles. The van der Waals surface area contributed by atoms with Gasteiger partial charge in [0.05, 0.1) is 5.56 Å². The highest BCUT2D eigenvalue weighted by molar-refractivity contribution is 5.93. The lowest BCUT2D eigenvalue weighted by Gasteiger charge is -2.17. The molecule has 0 spiro atoms. The standard InChI is InChI=1S/C27H26N2O5/c1-16-13-18(11-12-19(16)26(31)32)29-25(30)14-17(2)28-27(33)34-15-24-22-9-5-3-7-20(22)21-8-4-6-10-23(21)24/h3-13,17,24H,14-15H2,1-2H3,(H,28,33)(H,29,30)(H,31,32)/t17-/m0/s1. The molecule has 174 valence electrons. The maximum Gasteiger partial charge on any atom is 0.407 e. The summed E-state index contributed by atoms with van der Waals surface area (Å²) in [4.78, 5) is 35.9. The largest absolute Gasteiger partial charge is 0.478 e. The van der Waals surface area contributed by atoms with Gasteiger partial charge in [0.15, 0.2) is 0 Å². The van der Waals surface area contributed by atoms with Crippen LogP contribution in [-0.4, -0.2) is 35.7 Å². The van der Waals surface area contributed by atoms with Crippen LogP contribution in [0.2, 0.25) is 0 Å². The zero-order valence-corrected chi connectivity index (χ0v) is 19.0. The van der Waals surface area contributed by atoms with Crippen LogP contribution in [0.5, 0.6) is 0 Å². The number of aromatic carboxylic acids is 1. The molecule has 0 radical (unpaired) electrons. The van der Waals surface area contributed by atoms with Crippen LogP contribution in [0.3, 0.4) is 0 Å². The van der Waals surface area contributed by atoms with Crippen LogP contribution < -0.4 is 10.6 Å². The average Bonchev–Trinajstić information content (AvgIpc) is 3.11. The van der Waals surface area contributed by atoms with Crippen molar-refractivity contribution in [2.24, 2.45) is 0 Å².